The van der Waals surface area contributed by atoms with Crippen molar-refractivity contribution in [3.05, 3.63) is 62.1 Å². The van der Waals surface area contributed by atoms with E-state index in [0.29, 0.717) is 48.2 Å². The highest BCUT2D eigenvalue weighted by Gasteiger charge is 2.22. The van der Waals surface area contributed by atoms with Crippen molar-refractivity contribution >= 4 is 46.4 Å². The molecule has 3 rings (SSSR count). The van der Waals surface area contributed by atoms with E-state index in [4.69, 9.17) is 50.9 Å². The lowest BCUT2D eigenvalue weighted by atomic mass is 10.0. The average Bonchev–Trinajstić information content (AvgIpc) is 2.93. The van der Waals surface area contributed by atoms with Crippen molar-refractivity contribution in [3.63, 3.8) is 0 Å². The first-order valence-corrected chi connectivity index (χ1v) is 8.02. The second-order valence-corrected chi connectivity index (χ2v) is 6.43. The molecule has 0 amide bonds. The second kappa shape index (κ2) is 6.71. The van der Waals surface area contributed by atoms with Gasteiger partial charge in [0.1, 0.15) is 5.69 Å². The summed E-state index contributed by atoms with van der Waals surface area (Å²) in [6, 6.07) is 9.96. The smallest absolute Gasteiger partial charge is 0.174 e. The van der Waals surface area contributed by atoms with E-state index in [1.54, 1.807) is 36.4 Å². The van der Waals surface area contributed by atoms with Gasteiger partial charge in [0, 0.05) is 21.2 Å². The van der Waals surface area contributed by atoms with Crippen LogP contribution in [0.2, 0.25) is 20.1 Å². The Labute approximate surface area is 152 Å². The van der Waals surface area contributed by atoms with E-state index in [1.165, 1.54) is 0 Å². The molecule has 0 spiro atoms. The first-order valence-electron chi connectivity index (χ1n) is 6.51. The van der Waals surface area contributed by atoms with E-state index < -0.39 is 0 Å². The zero-order chi connectivity index (χ0) is 16.6. The summed E-state index contributed by atoms with van der Waals surface area (Å²) in [4.78, 5) is 0. The van der Waals surface area contributed by atoms with Crippen LogP contribution in [0.3, 0.4) is 0 Å². The molecule has 2 aromatic carbocycles. The Bertz CT molecular complexity index is 877. The van der Waals surface area contributed by atoms with Crippen molar-refractivity contribution in [2.24, 2.45) is 0 Å². The Hall–Kier alpha value is -1.23. The first-order chi connectivity index (χ1) is 11.0. The molecule has 0 saturated heterocycles. The summed E-state index contributed by atoms with van der Waals surface area (Å²) < 4.78 is 5.40. The number of rotatable bonds is 3. The van der Waals surface area contributed by atoms with Gasteiger partial charge in [-0.25, -0.2) is 0 Å². The number of hydrogen-bond donors (Lipinski definition) is 1. The van der Waals surface area contributed by atoms with Crippen LogP contribution in [0.5, 0.6) is 0 Å². The van der Waals surface area contributed by atoms with Crippen molar-refractivity contribution in [2.75, 3.05) is 0 Å². The van der Waals surface area contributed by atoms with Gasteiger partial charge in [0.25, 0.3) is 0 Å². The minimum Gasteiger partial charge on any atom is -0.391 e. The van der Waals surface area contributed by atoms with E-state index in [1.807, 2.05) is 0 Å². The first kappa shape index (κ1) is 16.6. The maximum atomic E-state index is 9.77. The Morgan fingerprint density at radius 1 is 0.870 bits per heavy atom. The lowest BCUT2D eigenvalue weighted by Crippen LogP contribution is -1.90. The molecule has 1 heterocycles. The lowest BCUT2D eigenvalue weighted by molar-refractivity contribution is 0.281. The fourth-order valence-corrected chi connectivity index (χ4v) is 3.11. The van der Waals surface area contributed by atoms with Gasteiger partial charge in [-0.05, 0) is 36.4 Å². The van der Waals surface area contributed by atoms with Gasteiger partial charge in [0.15, 0.2) is 5.76 Å². The van der Waals surface area contributed by atoms with Crippen LogP contribution < -0.4 is 0 Å². The van der Waals surface area contributed by atoms with Gasteiger partial charge in [-0.1, -0.05) is 51.6 Å². The van der Waals surface area contributed by atoms with Crippen LogP contribution >= 0.6 is 46.4 Å². The molecular formula is C16H9Cl4NO2. The maximum Gasteiger partial charge on any atom is 0.174 e. The Morgan fingerprint density at radius 2 is 1.57 bits per heavy atom. The summed E-state index contributed by atoms with van der Waals surface area (Å²) in [6.07, 6.45) is 0. The Balaban J connectivity index is 2.19. The number of hydrogen-bond acceptors (Lipinski definition) is 3. The highest BCUT2D eigenvalue weighted by Crippen LogP contribution is 2.39. The average molecular weight is 389 g/mol. The molecule has 7 heteroatoms. The number of benzene rings is 2. The molecule has 118 valence electrons. The minimum atomic E-state index is -0.296. The van der Waals surface area contributed by atoms with E-state index in [9.17, 15) is 5.11 Å². The predicted molar refractivity (Wildman–Crippen MR) is 93.3 cm³/mol. The van der Waals surface area contributed by atoms with Gasteiger partial charge in [-0.15, -0.1) is 0 Å². The molecule has 0 radical (unpaired) electrons. The van der Waals surface area contributed by atoms with Gasteiger partial charge in [0.2, 0.25) is 0 Å². The Kier molecular flexibility index (Phi) is 4.85. The topological polar surface area (TPSA) is 46.3 Å². The highest BCUT2D eigenvalue weighted by molar-refractivity contribution is 6.36. The van der Waals surface area contributed by atoms with Gasteiger partial charge >= 0.3 is 0 Å². The number of aliphatic hydroxyl groups excluding tert-OH is 1. The summed E-state index contributed by atoms with van der Waals surface area (Å²) in [5.74, 6) is 0.348. The van der Waals surface area contributed by atoms with Crippen LogP contribution in [-0.2, 0) is 6.61 Å². The third-order valence-corrected chi connectivity index (χ3v) is 4.42. The largest absolute Gasteiger partial charge is 0.391 e. The fraction of sp³-hybridized carbons (Fsp3) is 0.0625. The monoisotopic (exact) mass is 387 g/mol. The molecule has 3 aromatic rings. The summed E-state index contributed by atoms with van der Waals surface area (Å²) in [6.45, 7) is -0.296. The SMILES string of the molecule is OCc1c(-c2ccc(Cl)cc2Cl)noc1-c1cc(Cl)ccc1Cl. The molecule has 0 fully saturated rings. The standard InChI is InChI=1S/C16H9Cl4NO2/c17-8-2-4-13(19)11(5-8)16-12(7-22)15(21-23-16)10-3-1-9(18)6-14(10)20/h1-6,22H,7H2. The second-order valence-electron chi connectivity index (χ2n) is 4.75. The van der Waals surface area contributed by atoms with Crippen molar-refractivity contribution in [1.82, 2.24) is 5.16 Å². The maximum absolute atomic E-state index is 9.77. The molecule has 0 atom stereocenters. The van der Waals surface area contributed by atoms with Crippen molar-refractivity contribution in [1.29, 1.82) is 0 Å². The van der Waals surface area contributed by atoms with Gasteiger partial charge in [0.05, 0.1) is 22.2 Å². The summed E-state index contributed by atoms with van der Waals surface area (Å²) in [5, 5.41) is 15.6. The van der Waals surface area contributed by atoms with Gasteiger partial charge in [-0.2, -0.15) is 0 Å². The molecule has 0 aliphatic rings. The van der Waals surface area contributed by atoms with Crippen LogP contribution in [-0.4, -0.2) is 10.3 Å². The van der Waals surface area contributed by atoms with Crippen LogP contribution in [0, 0.1) is 0 Å². The van der Waals surface area contributed by atoms with E-state index >= 15 is 0 Å². The normalized spacial score (nSPS) is 11.0. The molecule has 1 aromatic heterocycles. The lowest BCUT2D eigenvalue weighted by Gasteiger charge is -2.05. The van der Waals surface area contributed by atoms with Crippen molar-refractivity contribution < 1.29 is 9.63 Å². The van der Waals surface area contributed by atoms with E-state index in [2.05, 4.69) is 5.16 Å². The zero-order valence-corrected chi connectivity index (χ0v) is 14.5. The summed E-state index contributed by atoms with van der Waals surface area (Å²) in [7, 11) is 0. The summed E-state index contributed by atoms with van der Waals surface area (Å²) in [5.41, 5.74) is 2.05. The van der Waals surface area contributed by atoms with Crippen molar-refractivity contribution in [3.8, 4) is 22.6 Å². The fourth-order valence-electron chi connectivity index (χ4n) is 2.23. The quantitative estimate of drug-likeness (QED) is 0.588. The zero-order valence-electron chi connectivity index (χ0n) is 11.5. The molecule has 3 nitrogen and oxygen atoms in total. The molecule has 0 unspecified atom stereocenters. The molecule has 0 bridgehead atoms. The van der Waals surface area contributed by atoms with Gasteiger partial charge < -0.3 is 9.63 Å². The molecule has 0 saturated carbocycles. The molecule has 0 aliphatic heterocycles. The van der Waals surface area contributed by atoms with Crippen LogP contribution in [0.25, 0.3) is 22.6 Å². The molecule has 23 heavy (non-hydrogen) atoms. The molecule has 1 N–H and O–H groups in total. The third-order valence-electron chi connectivity index (χ3n) is 3.31. The number of halogens is 4. The van der Waals surface area contributed by atoms with Crippen LogP contribution in [0.4, 0.5) is 0 Å². The van der Waals surface area contributed by atoms with Gasteiger partial charge in [-0.3, -0.25) is 0 Å². The Morgan fingerprint density at radius 3 is 2.26 bits per heavy atom. The highest BCUT2D eigenvalue weighted by atomic mass is 35.5. The van der Waals surface area contributed by atoms with E-state index in [0.717, 1.165) is 0 Å². The molecular weight excluding hydrogens is 380 g/mol. The minimum absolute atomic E-state index is 0.296. The van der Waals surface area contributed by atoms with Crippen LogP contribution in [0.1, 0.15) is 5.56 Å². The van der Waals surface area contributed by atoms with E-state index in [-0.39, 0.29) is 6.61 Å². The number of aromatic nitrogens is 1. The van der Waals surface area contributed by atoms with Crippen LogP contribution in [0.15, 0.2) is 40.9 Å². The number of aliphatic hydroxyl groups is 1. The third kappa shape index (κ3) is 3.21. The van der Waals surface area contributed by atoms with Crippen molar-refractivity contribution in [2.45, 2.75) is 6.61 Å². The number of nitrogens with zero attached hydrogens (tertiary/aromatic N) is 1. The predicted octanol–water partition coefficient (Wildman–Crippen LogP) is 6.11. The summed E-state index contributed by atoms with van der Waals surface area (Å²) >= 11 is 24.3. The molecule has 0 aliphatic carbocycles.